The van der Waals surface area contributed by atoms with Crippen LogP contribution in [-0.4, -0.2) is 31.1 Å². The van der Waals surface area contributed by atoms with Crippen LogP contribution in [0.5, 0.6) is 0 Å². The van der Waals surface area contributed by atoms with Crippen molar-refractivity contribution in [1.29, 1.82) is 0 Å². The standard InChI is InChI=1S/C16H24FN3O2/c1-4-18-16(19-10-9-15(21)22-12(2)3)20-11-13-5-7-14(17)8-6-13/h5-8,12H,4,9-11H2,1-3H3,(H2,18,19,20). The Morgan fingerprint density at radius 3 is 2.55 bits per heavy atom. The molecule has 0 aliphatic heterocycles. The number of nitrogens with one attached hydrogen (secondary N) is 2. The quantitative estimate of drug-likeness (QED) is 0.460. The number of guanidine groups is 1. The average Bonchev–Trinajstić information content (AvgIpc) is 2.45. The van der Waals surface area contributed by atoms with Crippen LogP contribution in [0.3, 0.4) is 0 Å². The Bertz CT molecular complexity index is 487. The summed E-state index contributed by atoms with van der Waals surface area (Å²) in [6, 6.07) is 6.21. The lowest BCUT2D eigenvalue weighted by molar-refractivity contribution is -0.147. The van der Waals surface area contributed by atoms with Gasteiger partial charge in [0.1, 0.15) is 5.82 Å². The highest BCUT2D eigenvalue weighted by Crippen LogP contribution is 2.03. The highest BCUT2D eigenvalue weighted by molar-refractivity contribution is 5.80. The van der Waals surface area contributed by atoms with Crippen molar-refractivity contribution in [2.75, 3.05) is 13.1 Å². The van der Waals surface area contributed by atoms with Gasteiger partial charge in [-0.15, -0.1) is 0 Å². The molecule has 5 nitrogen and oxygen atoms in total. The minimum atomic E-state index is -0.263. The van der Waals surface area contributed by atoms with Crippen LogP contribution < -0.4 is 10.6 Å². The Kier molecular flexibility index (Phi) is 7.96. The van der Waals surface area contributed by atoms with E-state index in [4.69, 9.17) is 4.74 Å². The van der Waals surface area contributed by atoms with Gasteiger partial charge in [-0.1, -0.05) is 12.1 Å². The number of halogens is 1. The zero-order valence-corrected chi connectivity index (χ0v) is 13.4. The van der Waals surface area contributed by atoms with Gasteiger partial charge in [0.05, 0.1) is 19.1 Å². The number of ether oxygens (including phenoxy) is 1. The molecule has 122 valence electrons. The molecule has 0 spiro atoms. The van der Waals surface area contributed by atoms with Crippen LogP contribution in [0.15, 0.2) is 29.3 Å². The van der Waals surface area contributed by atoms with E-state index in [1.807, 2.05) is 20.8 Å². The molecule has 0 amide bonds. The van der Waals surface area contributed by atoms with Crippen molar-refractivity contribution in [1.82, 2.24) is 10.6 Å². The van der Waals surface area contributed by atoms with Crippen molar-refractivity contribution in [2.45, 2.75) is 39.8 Å². The molecular weight excluding hydrogens is 285 g/mol. The van der Waals surface area contributed by atoms with E-state index in [2.05, 4.69) is 15.6 Å². The molecule has 1 aromatic rings. The van der Waals surface area contributed by atoms with Crippen LogP contribution in [0.4, 0.5) is 4.39 Å². The third-order valence-corrected chi connectivity index (χ3v) is 2.67. The van der Waals surface area contributed by atoms with Crippen molar-refractivity contribution < 1.29 is 13.9 Å². The van der Waals surface area contributed by atoms with Crippen molar-refractivity contribution in [3.63, 3.8) is 0 Å². The topological polar surface area (TPSA) is 62.7 Å². The second-order valence-corrected chi connectivity index (χ2v) is 5.04. The third-order valence-electron chi connectivity index (χ3n) is 2.67. The predicted molar refractivity (Wildman–Crippen MR) is 85.1 cm³/mol. The number of esters is 1. The highest BCUT2D eigenvalue weighted by Gasteiger charge is 2.05. The lowest BCUT2D eigenvalue weighted by atomic mass is 10.2. The molecular formula is C16H24FN3O2. The first-order valence-corrected chi connectivity index (χ1v) is 7.47. The van der Waals surface area contributed by atoms with Crippen LogP contribution in [0.25, 0.3) is 0 Å². The van der Waals surface area contributed by atoms with Crippen molar-refractivity contribution in [2.24, 2.45) is 4.99 Å². The molecule has 0 saturated carbocycles. The Morgan fingerprint density at radius 2 is 1.95 bits per heavy atom. The second kappa shape index (κ2) is 9.76. The molecule has 2 N–H and O–H groups in total. The molecule has 0 atom stereocenters. The van der Waals surface area contributed by atoms with Crippen molar-refractivity contribution in [3.05, 3.63) is 35.6 Å². The zero-order valence-electron chi connectivity index (χ0n) is 13.4. The Hall–Kier alpha value is -2.11. The van der Waals surface area contributed by atoms with Gasteiger partial charge in [0.15, 0.2) is 5.96 Å². The molecule has 0 aromatic heterocycles. The fourth-order valence-electron chi connectivity index (χ4n) is 1.71. The Balaban J connectivity index is 2.45. The van der Waals surface area contributed by atoms with Gasteiger partial charge in [0, 0.05) is 13.1 Å². The molecule has 0 aliphatic carbocycles. The maximum Gasteiger partial charge on any atom is 0.307 e. The first kappa shape index (κ1) is 17.9. The largest absolute Gasteiger partial charge is 0.463 e. The number of carbonyl (C=O) groups excluding carboxylic acids is 1. The van der Waals surface area contributed by atoms with Gasteiger partial charge in [-0.05, 0) is 38.5 Å². The van der Waals surface area contributed by atoms with E-state index in [0.717, 1.165) is 5.56 Å². The first-order chi connectivity index (χ1) is 10.5. The molecule has 6 heteroatoms. The summed E-state index contributed by atoms with van der Waals surface area (Å²) in [6.07, 6.45) is 0.173. The summed E-state index contributed by atoms with van der Waals surface area (Å²) in [7, 11) is 0. The molecule has 0 heterocycles. The van der Waals surface area contributed by atoms with Crippen LogP contribution in [0.2, 0.25) is 0 Å². The number of rotatable bonds is 7. The number of hydrogen-bond donors (Lipinski definition) is 2. The van der Waals surface area contributed by atoms with E-state index >= 15 is 0 Å². The van der Waals surface area contributed by atoms with E-state index in [-0.39, 0.29) is 24.3 Å². The normalized spacial score (nSPS) is 11.4. The summed E-state index contributed by atoms with van der Waals surface area (Å²) >= 11 is 0. The number of aliphatic imine (C=N–C) groups is 1. The molecule has 0 unspecified atom stereocenters. The fourth-order valence-corrected chi connectivity index (χ4v) is 1.71. The Labute approximate surface area is 131 Å². The Morgan fingerprint density at radius 1 is 1.27 bits per heavy atom. The minimum Gasteiger partial charge on any atom is -0.463 e. The smallest absolute Gasteiger partial charge is 0.307 e. The molecule has 0 aliphatic rings. The molecule has 1 rings (SSSR count). The van der Waals surface area contributed by atoms with Gasteiger partial charge < -0.3 is 15.4 Å². The van der Waals surface area contributed by atoms with E-state index in [1.165, 1.54) is 12.1 Å². The lowest BCUT2D eigenvalue weighted by Crippen LogP contribution is -2.38. The molecule has 1 aromatic carbocycles. The number of benzene rings is 1. The third kappa shape index (κ3) is 7.61. The summed E-state index contributed by atoms with van der Waals surface area (Å²) in [4.78, 5) is 15.8. The van der Waals surface area contributed by atoms with Crippen LogP contribution >= 0.6 is 0 Å². The van der Waals surface area contributed by atoms with Crippen LogP contribution in [0.1, 0.15) is 32.8 Å². The highest BCUT2D eigenvalue weighted by atomic mass is 19.1. The average molecular weight is 309 g/mol. The molecule has 0 radical (unpaired) electrons. The maximum atomic E-state index is 12.8. The summed E-state index contributed by atoms with van der Waals surface area (Å²) in [6.45, 7) is 7.19. The van der Waals surface area contributed by atoms with Gasteiger partial charge >= 0.3 is 5.97 Å². The van der Waals surface area contributed by atoms with E-state index in [0.29, 0.717) is 25.6 Å². The molecule has 0 bridgehead atoms. The summed E-state index contributed by atoms with van der Waals surface area (Å²) < 4.78 is 17.9. The van der Waals surface area contributed by atoms with Gasteiger partial charge in [-0.2, -0.15) is 0 Å². The van der Waals surface area contributed by atoms with E-state index in [1.54, 1.807) is 12.1 Å². The SMILES string of the molecule is CCNC(=NCc1ccc(F)cc1)NCCC(=O)OC(C)C. The fraction of sp³-hybridized carbons (Fsp3) is 0.500. The van der Waals surface area contributed by atoms with E-state index in [9.17, 15) is 9.18 Å². The van der Waals surface area contributed by atoms with Gasteiger partial charge in [-0.25, -0.2) is 9.38 Å². The molecule has 0 saturated heterocycles. The summed E-state index contributed by atoms with van der Waals surface area (Å²) in [5, 5.41) is 6.16. The molecule has 0 fully saturated rings. The monoisotopic (exact) mass is 309 g/mol. The van der Waals surface area contributed by atoms with Crippen LogP contribution in [-0.2, 0) is 16.1 Å². The number of carbonyl (C=O) groups is 1. The number of nitrogens with zero attached hydrogens (tertiary/aromatic N) is 1. The first-order valence-electron chi connectivity index (χ1n) is 7.47. The lowest BCUT2D eigenvalue weighted by Gasteiger charge is -2.12. The van der Waals surface area contributed by atoms with Crippen molar-refractivity contribution in [3.8, 4) is 0 Å². The number of hydrogen-bond acceptors (Lipinski definition) is 3. The summed E-state index contributed by atoms with van der Waals surface area (Å²) in [5.41, 5.74) is 0.915. The minimum absolute atomic E-state index is 0.104. The predicted octanol–water partition coefficient (Wildman–Crippen LogP) is 2.22. The molecule has 22 heavy (non-hydrogen) atoms. The van der Waals surface area contributed by atoms with Gasteiger partial charge in [0.25, 0.3) is 0 Å². The van der Waals surface area contributed by atoms with E-state index < -0.39 is 0 Å². The maximum absolute atomic E-state index is 12.8. The summed E-state index contributed by atoms with van der Waals surface area (Å²) in [5.74, 6) is 0.113. The van der Waals surface area contributed by atoms with Gasteiger partial charge in [-0.3, -0.25) is 4.79 Å². The van der Waals surface area contributed by atoms with Crippen LogP contribution in [0, 0.1) is 5.82 Å². The zero-order chi connectivity index (χ0) is 16.4. The van der Waals surface area contributed by atoms with Gasteiger partial charge in [0.2, 0.25) is 0 Å². The van der Waals surface area contributed by atoms with Crippen molar-refractivity contribution >= 4 is 11.9 Å². The second-order valence-electron chi connectivity index (χ2n) is 5.04.